The molecule has 5 heteroatoms. The normalized spacial score (nSPS) is 21.7. The van der Waals surface area contributed by atoms with E-state index in [1.807, 2.05) is 29.3 Å². The molecule has 2 atom stereocenters. The average molecular weight is 327 g/mol. The molecule has 0 unspecified atom stereocenters. The van der Waals surface area contributed by atoms with Gasteiger partial charge >= 0.3 is 0 Å². The quantitative estimate of drug-likeness (QED) is 0.849. The highest BCUT2D eigenvalue weighted by Crippen LogP contribution is 2.35. The molecule has 2 aromatic heterocycles. The van der Waals surface area contributed by atoms with Crippen LogP contribution in [0, 0.1) is 11.8 Å². The number of nitrogens with one attached hydrogen (secondary N) is 1. The second-order valence-corrected chi connectivity index (χ2v) is 7.36. The zero-order chi connectivity index (χ0) is 16.9. The summed E-state index contributed by atoms with van der Waals surface area (Å²) in [6.07, 6.45) is 9.23. The molecular formula is C19H29N5. The predicted octanol–water partition coefficient (Wildman–Crippen LogP) is 2.72. The molecule has 1 aliphatic heterocycles. The Labute approximate surface area is 145 Å². The molecule has 1 fully saturated rings. The Morgan fingerprint density at radius 2 is 2.21 bits per heavy atom. The van der Waals surface area contributed by atoms with Crippen molar-refractivity contribution in [2.45, 2.75) is 39.4 Å². The van der Waals surface area contributed by atoms with Gasteiger partial charge in [-0.15, -0.1) is 0 Å². The molecule has 5 nitrogen and oxygen atoms in total. The van der Waals surface area contributed by atoms with Crippen LogP contribution in [0.1, 0.15) is 37.4 Å². The van der Waals surface area contributed by atoms with E-state index in [0.717, 1.165) is 26.2 Å². The van der Waals surface area contributed by atoms with Gasteiger partial charge in [0.15, 0.2) is 0 Å². The first-order valence-corrected chi connectivity index (χ1v) is 8.95. The van der Waals surface area contributed by atoms with Gasteiger partial charge < -0.3 is 5.32 Å². The van der Waals surface area contributed by atoms with Crippen molar-refractivity contribution in [1.29, 1.82) is 0 Å². The number of likely N-dealkylation sites (tertiary alicyclic amines) is 1. The maximum atomic E-state index is 4.44. The molecule has 130 valence electrons. The van der Waals surface area contributed by atoms with Gasteiger partial charge in [-0.2, -0.15) is 5.10 Å². The molecule has 3 heterocycles. The molecule has 1 saturated heterocycles. The van der Waals surface area contributed by atoms with Crippen LogP contribution in [0.4, 0.5) is 0 Å². The van der Waals surface area contributed by atoms with E-state index in [4.69, 9.17) is 0 Å². The van der Waals surface area contributed by atoms with Crippen LogP contribution in [0.3, 0.4) is 0 Å². The summed E-state index contributed by atoms with van der Waals surface area (Å²) >= 11 is 0. The number of hydrogen-bond acceptors (Lipinski definition) is 4. The smallest absolute Gasteiger partial charge is 0.0534 e. The molecule has 0 aliphatic carbocycles. The summed E-state index contributed by atoms with van der Waals surface area (Å²) in [7, 11) is 2.22. The molecule has 0 amide bonds. The van der Waals surface area contributed by atoms with Gasteiger partial charge in [0.2, 0.25) is 0 Å². The first kappa shape index (κ1) is 17.1. The van der Waals surface area contributed by atoms with Gasteiger partial charge in [-0.3, -0.25) is 14.6 Å². The van der Waals surface area contributed by atoms with Gasteiger partial charge in [-0.05, 0) is 43.5 Å². The Morgan fingerprint density at radius 3 is 2.96 bits per heavy atom. The second-order valence-electron chi connectivity index (χ2n) is 7.36. The summed E-state index contributed by atoms with van der Waals surface area (Å²) in [5.41, 5.74) is 2.59. The van der Waals surface area contributed by atoms with Gasteiger partial charge in [-0.25, -0.2) is 0 Å². The van der Waals surface area contributed by atoms with E-state index >= 15 is 0 Å². The standard InChI is InChI=1S/C19H29N5/c1-15(2)13-24-14-16(10-22-24)9-21-12-18-6-8-23(3)19(18)17-5-4-7-20-11-17/h4-5,7,10-11,14-15,18-19,21H,6,8-9,12-13H2,1-3H3/t18-,19-/m0/s1. The SMILES string of the molecule is CC(C)Cn1cc(CNC[C@@H]2CCN(C)[C@H]2c2cccnc2)cn1. The van der Waals surface area contributed by atoms with E-state index < -0.39 is 0 Å². The highest BCUT2D eigenvalue weighted by atomic mass is 15.3. The summed E-state index contributed by atoms with van der Waals surface area (Å²) in [4.78, 5) is 6.74. The number of hydrogen-bond donors (Lipinski definition) is 1. The van der Waals surface area contributed by atoms with E-state index in [1.54, 1.807) is 0 Å². The van der Waals surface area contributed by atoms with E-state index in [1.165, 1.54) is 17.5 Å². The van der Waals surface area contributed by atoms with Crippen LogP contribution in [0.15, 0.2) is 36.9 Å². The van der Waals surface area contributed by atoms with E-state index in [0.29, 0.717) is 17.9 Å². The van der Waals surface area contributed by atoms with Crippen LogP contribution >= 0.6 is 0 Å². The van der Waals surface area contributed by atoms with Crippen LogP contribution < -0.4 is 5.32 Å². The number of pyridine rings is 1. The predicted molar refractivity (Wildman–Crippen MR) is 96.5 cm³/mol. The van der Waals surface area contributed by atoms with Crippen molar-refractivity contribution in [2.75, 3.05) is 20.1 Å². The Morgan fingerprint density at radius 1 is 1.33 bits per heavy atom. The first-order chi connectivity index (χ1) is 11.6. The Bertz CT molecular complexity index is 622. The molecule has 3 rings (SSSR count). The lowest BCUT2D eigenvalue weighted by Gasteiger charge is -2.25. The highest BCUT2D eigenvalue weighted by molar-refractivity contribution is 5.17. The topological polar surface area (TPSA) is 46.0 Å². The fraction of sp³-hybridized carbons (Fsp3) is 0.579. The zero-order valence-electron chi connectivity index (χ0n) is 15.0. The molecule has 1 aliphatic rings. The lowest BCUT2D eigenvalue weighted by Crippen LogP contribution is -2.28. The molecule has 0 spiro atoms. The van der Waals surface area contributed by atoms with Crippen molar-refractivity contribution in [3.8, 4) is 0 Å². The van der Waals surface area contributed by atoms with E-state index in [2.05, 4.69) is 53.5 Å². The van der Waals surface area contributed by atoms with Crippen molar-refractivity contribution < 1.29 is 0 Å². The van der Waals surface area contributed by atoms with Crippen molar-refractivity contribution in [3.63, 3.8) is 0 Å². The molecule has 0 aromatic carbocycles. The summed E-state index contributed by atoms with van der Waals surface area (Å²) < 4.78 is 2.05. The maximum Gasteiger partial charge on any atom is 0.0534 e. The minimum absolute atomic E-state index is 0.467. The molecule has 1 N–H and O–H groups in total. The fourth-order valence-corrected chi connectivity index (χ4v) is 3.69. The number of rotatable bonds is 7. The lowest BCUT2D eigenvalue weighted by molar-refractivity contribution is 0.271. The number of aromatic nitrogens is 3. The van der Waals surface area contributed by atoms with Gasteiger partial charge in [-0.1, -0.05) is 19.9 Å². The van der Waals surface area contributed by atoms with Crippen LogP contribution in [-0.2, 0) is 13.1 Å². The largest absolute Gasteiger partial charge is 0.312 e. The van der Waals surface area contributed by atoms with Crippen LogP contribution in [0.5, 0.6) is 0 Å². The van der Waals surface area contributed by atoms with Gasteiger partial charge in [0.05, 0.1) is 6.20 Å². The van der Waals surface area contributed by atoms with Gasteiger partial charge in [0.25, 0.3) is 0 Å². The Hall–Kier alpha value is -1.72. The summed E-state index contributed by atoms with van der Waals surface area (Å²) in [6, 6.07) is 4.70. The fourth-order valence-electron chi connectivity index (χ4n) is 3.69. The minimum atomic E-state index is 0.467. The Kier molecular flexibility index (Phi) is 5.63. The molecule has 0 radical (unpaired) electrons. The molecule has 2 aromatic rings. The van der Waals surface area contributed by atoms with Crippen molar-refractivity contribution in [3.05, 3.63) is 48.0 Å². The van der Waals surface area contributed by atoms with Crippen LogP contribution in [0.2, 0.25) is 0 Å². The third-order valence-corrected chi connectivity index (χ3v) is 4.77. The lowest BCUT2D eigenvalue weighted by atomic mass is 9.95. The van der Waals surface area contributed by atoms with Crippen LogP contribution in [-0.4, -0.2) is 39.8 Å². The molecule has 0 saturated carbocycles. The minimum Gasteiger partial charge on any atom is -0.312 e. The first-order valence-electron chi connectivity index (χ1n) is 8.95. The van der Waals surface area contributed by atoms with Crippen LogP contribution in [0.25, 0.3) is 0 Å². The monoisotopic (exact) mass is 327 g/mol. The summed E-state index contributed by atoms with van der Waals surface area (Å²) in [5, 5.41) is 8.07. The third-order valence-electron chi connectivity index (χ3n) is 4.77. The molecular weight excluding hydrogens is 298 g/mol. The number of nitrogens with zero attached hydrogens (tertiary/aromatic N) is 4. The second kappa shape index (κ2) is 7.90. The summed E-state index contributed by atoms with van der Waals surface area (Å²) in [5.74, 6) is 1.25. The van der Waals surface area contributed by atoms with Gasteiger partial charge in [0, 0.05) is 49.8 Å². The average Bonchev–Trinajstić information content (AvgIpc) is 3.14. The highest BCUT2D eigenvalue weighted by Gasteiger charge is 2.32. The van der Waals surface area contributed by atoms with Gasteiger partial charge in [0.1, 0.15) is 0 Å². The maximum absolute atomic E-state index is 4.44. The molecule has 0 bridgehead atoms. The van der Waals surface area contributed by atoms with Crippen molar-refractivity contribution in [2.24, 2.45) is 11.8 Å². The molecule has 24 heavy (non-hydrogen) atoms. The van der Waals surface area contributed by atoms with Crippen molar-refractivity contribution >= 4 is 0 Å². The zero-order valence-corrected chi connectivity index (χ0v) is 15.0. The summed E-state index contributed by atoms with van der Waals surface area (Å²) in [6.45, 7) is 8.48. The van der Waals surface area contributed by atoms with Crippen molar-refractivity contribution in [1.82, 2.24) is 25.0 Å². The Balaban J connectivity index is 1.53. The van der Waals surface area contributed by atoms with E-state index in [-0.39, 0.29) is 0 Å². The van der Waals surface area contributed by atoms with E-state index in [9.17, 15) is 0 Å². The third kappa shape index (κ3) is 4.22.